The second kappa shape index (κ2) is 11.0. The summed E-state index contributed by atoms with van der Waals surface area (Å²) in [6.07, 6.45) is 5.17. The Morgan fingerprint density at radius 3 is 2.32 bits per heavy atom. The molecule has 0 aliphatic heterocycles. The Balaban J connectivity index is 1.62. The Morgan fingerprint density at radius 2 is 1.65 bits per heavy atom. The van der Waals surface area contributed by atoms with Gasteiger partial charge in [0.05, 0.1) is 12.2 Å². The molecule has 2 aromatic heterocycles. The molecule has 0 fully saturated rings. The number of aromatic nitrogens is 6. The molecule has 0 saturated heterocycles. The fourth-order valence-corrected chi connectivity index (χ4v) is 4.25. The number of nitrogens with zero attached hydrogens (tertiary/aromatic N) is 5. The van der Waals surface area contributed by atoms with Gasteiger partial charge in [0.15, 0.2) is 0 Å². The zero-order valence-corrected chi connectivity index (χ0v) is 19.8. The topological polar surface area (TPSA) is 81.4 Å². The molecule has 4 aromatic rings. The van der Waals surface area contributed by atoms with E-state index in [1.807, 2.05) is 48.5 Å². The quantitative estimate of drug-likeness (QED) is 0.310. The number of unbranched alkanes of at least 4 members (excludes halogenated alkanes) is 3. The van der Waals surface area contributed by atoms with Crippen LogP contribution in [0.25, 0.3) is 22.5 Å². The van der Waals surface area contributed by atoms with Crippen LogP contribution >= 0.6 is 0 Å². The lowest BCUT2D eigenvalue weighted by atomic mass is 9.98. The van der Waals surface area contributed by atoms with E-state index in [-0.39, 0.29) is 11.6 Å². The molecular weight excluding hydrogens is 431 g/mol. The van der Waals surface area contributed by atoms with Crippen LogP contribution in [-0.2, 0) is 19.5 Å². The van der Waals surface area contributed by atoms with Gasteiger partial charge >= 0.3 is 5.69 Å². The Morgan fingerprint density at radius 1 is 0.912 bits per heavy atom. The zero-order valence-electron chi connectivity index (χ0n) is 19.8. The highest BCUT2D eigenvalue weighted by atomic mass is 19.1. The molecule has 1 N–H and O–H groups in total. The summed E-state index contributed by atoms with van der Waals surface area (Å²) in [6.45, 7) is 4.95. The second-order valence-electron chi connectivity index (χ2n) is 8.55. The Labute approximate surface area is 198 Å². The maximum atomic E-state index is 15.2. The minimum Gasteiger partial charge on any atom is -0.289 e. The van der Waals surface area contributed by atoms with E-state index in [4.69, 9.17) is 0 Å². The van der Waals surface area contributed by atoms with Crippen molar-refractivity contribution in [3.63, 3.8) is 0 Å². The number of nitrogens with one attached hydrogen (secondary N) is 1. The summed E-state index contributed by atoms with van der Waals surface area (Å²) in [5.41, 5.74) is 4.08. The minimum absolute atomic E-state index is 0.258. The first kappa shape index (κ1) is 23.6. The Bertz CT molecular complexity index is 1260. The summed E-state index contributed by atoms with van der Waals surface area (Å²) in [5, 5.41) is 14.4. The normalized spacial score (nSPS) is 11.3. The fourth-order valence-electron chi connectivity index (χ4n) is 4.25. The molecule has 0 radical (unpaired) electrons. The highest BCUT2D eigenvalue weighted by Gasteiger charge is 2.19. The first-order valence-electron chi connectivity index (χ1n) is 12.0. The van der Waals surface area contributed by atoms with Crippen molar-refractivity contribution in [3.05, 3.63) is 76.2 Å². The van der Waals surface area contributed by atoms with Crippen molar-refractivity contribution in [3.8, 4) is 22.5 Å². The lowest BCUT2D eigenvalue weighted by Gasteiger charge is -2.10. The summed E-state index contributed by atoms with van der Waals surface area (Å²) in [6, 6.07) is 15.9. The summed E-state index contributed by atoms with van der Waals surface area (Å²) < 4.78 is 18.1. The number of rotatable bonds is 11. The molecule has 2 heterocycles. The Kier molecular flexibility index (Phi) is 7.67. The predicted molar refractivity (Wildman–Crippen MR) is 131 cm³/mol. The monoisotopic (exact) mass is 462 g/mol. The van der Waals surface area contributed by atoms with E-state index in [1.54, 1.807) is 4.57 Å². The summed E-state index contributed by atoms with van der Waals surface area (Å²) in [4.78, 5) is 13.1. The third-order valence-corrected chi connectivity index (χ3v) is 6.13. The van der Waals surface area contributed by atoms with Gasteiger partial charge < -0.3 is 0 Å². The van der Waals surface area contributed by atoms with E-state index in [1.165, 1.54) is 4.57 Å². The van der Waals surface area contributed by atoms with Gasteiger partial charge in [-0.05, 0) is 41.2 Å². The summed E-state index contributed by atoms with van der Waals surface area (Å²) in [5.74, 6) is 0.159. The average molecular weight is 463 g/mol. The van der Waals surface area contributed by atoms with Crippen molar-refractivity contribution in [2.75, 3.05) is 0 Å². The lowest BCUT2D eigenvalue weighted by molar-refractivity contribution is 0.460. The van der Waals surface area contributed by atoms with Crippen LogP contribution in [-0.4, -0.2) is 29.8 Å². The van der Waals surface area contributed by atoms with E-state index in [2.05, 4.69) is 34.5 Å². The van der Waals surface area contributed by atoms with E-state index in [0.29, 0.717) is 31.0 Å². The molecule has 8 heteroatoms. The maximum Gasteiger partial charge on any atom is 0.330 e. The van der Waals surface area contributed by atoms with E-state index in [0.717, 1.165) is 54.4 Å². The first-order valence-corrected chi connectivity index (χ1v) is 12.0. The molecule has 0 spiro atoms. The summed E-state index contributed by atoms with van der Waals surface area (Å²) >= 11 is 0. The minimum atomic E-state index is -0.375. The van der Waals surface area contributed by atoms with Gasteiger partial charge in [-0.1, -0.05) is 81.6 Å². The van der Waals surface area contributed by atoms with Crippen LogP contribution in [0.1, 0.15) is 57.2 Å². The molecule has 34 heavy (non-hydrogen) atoms. The molecule has 0 unspecified atom stereocenters. The van der Waals surface area contributed by atoms with E-state index >= 15 is 4.39 Å². The largest absolute Gasteiger partial charge is 0.330 e. The first-order chi connectivity index (χ1) is 16.6. The highest BCUT2D eigenvalue weighted by Crippen LogP contribution is 2.29. The van der Waals surface area contributed by atoms with Crippen LogP contribution in [0.15, 0.2) is 53.3 Å². The van der Waals surface area contributed by atoms with Crippen molar-refractivity contribution in [2.45, 2.75) is 65.5 Å². The van der Waals surface area contributed by atoms with Gasteiger partial charge in [-0.3, -0.25) is 9.13 Å². The molecule has 178 valence electrons. The van der Waals surface area contributed by atoms with Gasteiger partial charge in [0, 0.05) is 12.1 Å². The number of hydrogen-bond donors (Lipinski definition) is 1. The maximum absolute atomic E-state index is 15.2. The molecule has 2 aromatic carbocycles. The van der Waals surface area contributed by atoms with Crippen LogP contribution in [0.4, 0.5) is 4.39 Å². The predicted octanol–water partition coefficient (Wildman–Crippen LogP) is 5.22. The molecule has 0 saturated carbocycles. The van der Waals surface area contributed by atoms with Crippen LogP contribution in [0, 0.1) is 5.95 Å². The number of H-pyrrole nitrogens is 1. The van der Waals surface area contributed by atoms with Gasteiger partial charge in [0.2, 0.25) is 11.8 Å². The standard InChI is InChI=1S/C26H31FN6O/c1-3-5-9-17-32-24(27)23(12-6-4-2)33(26(32)34)18-19-13-15-20(16-14-19)21-10-7-8-11-22(21)25-28-30-31-29-25/h7-8,10-11,13-16H,3-6,9,12,17-18H2,1-2H3,(H,28,29,30,31). The van der Waals surface area contributed by atoms with Crippen LogP contribution < -0.4 is 5.69 Å². The number of aromatic amines is 1. The van der Waals surface area contributed by atoms with Gasteiger partial charge in [-0.25, -0.2) is 4.79 Å². The van der Waals surface area contributed by atoms with Crippen molar-refractivity contribution in [2.24, 2.45) is 0 Å². The van der Waals surface area contributed by atoms with Gasteiger partial charge in [-0.15, -0.1) is 10.2 Å². The number of imidazole rings is 1. The molecule has 0 atom stereocenters. The fraction of sp³-hybridized carbons (Fsp3) is 0.385. The average Bonchev–Trinajstić information content (AvgIpc) is 3.47. The molecule has 0 aliphatic carbocycles. The van der Waals surface area contributed by atoms with Crippen LogP contribution in [0.5, 0.6) is 0 Å². The number of tetrazole rings is 1. The molecular formula is C26H31FN6O. The second-order valence-corrected chi connectivity index (χ2v) is 8.55. The molecule has 0 amide bonds. The van der Waals surface area contributed by atoms with E-state index in [9.17, 15) is 4.79 Å². The highest BCUT2D eigenvalue weighted by molar-refractivity contribution is 5.80. The van der Waals surface area contributed by atoms with Crippen LogP contribution in [0.2, 0.25) is 0 Å². The molecule has 7 nitrogen and oxygen atoms in total. The summed E-state index contributed by atoms with van der Waals surface area (Å²) in [7, 11) is 0. The zero-order chi connectivity index (χ0) is 23.9. The van der Waals surface area contributed by atoms with Crippen LogP contribution in [0.3, 0.4) is 0 Å². The third kappa shape index (κ3) is 5.00. The third-order valence-electron chi connectivity index (χ3n) is 6.13. The van der Waals surface area contributed by atoms with Crippen molar-refractivity contribution in [1.29, 1.82) is 0 Å². The molecule has 0 bridgehead atoms. The molecule has 4 rings (SSSR count). The van der Waals surface area contributed by atoms with Crippen molar-refractivity contribution >= 4 is 0 Å². The smallest absolute Gasteiger partial charge is 0.289 e. The number of benzene rings is 2. The SMILES string of the molecule is CCCCCn1c(F)c(CCCC)n(Cc2ccc(-c3ccccc3-c3nn[nH]n3)cc2)c1=O. The van der Waals surface area contributed by atoms with Crippen molar-refractivity contribution in [1.82, 2.24) is 29.8 Å². The van der Waals surface area contributed by atoms with E-state index < -0.39 is 0 Å². The number of halogens is 1. The lowest BCUT2D eigenvalue weighted by Crippen LogP contribution is -2.26. The van der Waals surface area contributed by atoms with Crippen molar-refractivity contribution < 1.29 is 4.39 Å². The van der Waals surface area contributed by atoms with Gasteiger partial charge in [0.1, 0.15) is 0 Å². The molecule has 0 aliphatic rings. The van der Waals surface area contributed by atoms with Gasteiger partial charge in [-0.2, -0.15) is 9.60 Å². The van der Waals surface area contributed by atoms with Gasteiger partial charge in [0.25, 0.3) is 0 Å². The Hall–Kier alpha value is -3.55. The number of hydrogen-bond acceptors (Lipinski definition) is 4.